The second-order valence-corrected chi connectivity index (χ2v) is 2.42. The number of hydrogen-bond acceptors (Lipinski definition) is 1. The third kappa shape index (κ3) is 0.920. The van der Waals surface area contributed by atoms with Crippen LogP contribution in [0.25, 0.3) is 0 Å². The second kappa shape index (κ2) is 2.31. The van der Waals surface area contributed by atoms with Crippen LogP contribution in [0.3, 0.4) is 0 Å². The van der Waals surface area contributed by atoms with E-state index in [0.717, 1.165) is 5.92 Å². The minimum atomic E-state index is 0.704. The summed E-state index contributed by atoms with van der Waals surface area (Å²) in [5.74, 6) is 0.736. The molecule has 1 aliphatic carbocycles. The van der Waals surface area contributed by atoms with E-state index in [9.17, 15) is 0 Å². The topological polar surface area (TPSA) is 12.0 Å². The summed E-state index contributed by atoms with van der Waals surface area (Å²) in [5.41, 5.74) is 0. The van der Waals surface area contributed by atoms with Crippen molar-refractivity contribution in [2.45, 2.75) is 19.4 Å². The van der Waals surface area contributed by atoms with Gasteiger partial charge in [0.1, 0.15) is 0 Å². The Balaban J connectivity index is 2.38. The minimum absolute atomic E-state index is 0.704. The Bertz CT molecular complexity index is 96.6. The minimum Gasteiger partial charge on any atom is -0.316 e. The van der Waals surface area contributed by atoms with Crippen molar-refractivity contribution in [2.75, 3.05) is 7.05 Å². The lowest BCUT2D eigenvalue weighted by Gasteiger charge is -2.12. The van der Waals surface area contributed by atoms with E-state index >= 15 is 0 Å². The van der Waals surface area contributed by atoms with Crippen molar-refractivity contribution in [3.05, 3.63) is 12.2 Å². The summed E-state index contributed by atoms with van der Waals surface area (Å²) in [6.45, 7) is 2.24. The highest BCUT2D eigenvalue weighted by molar-refractivity contribution is 5.02. The predicted octanol–water partition coefficient (Wildman–Crippen LogP) is 1.17. The Kier molecular flexibility index (Phi) is 1.69. The third-order valence-corrected chi connectivity index (χ3v) is 1.84. The van der Waals surface area contributed by atoms with Crippen molar-refractivity contribution in [1.82, 2.24) is 5.32 Å². The fourth-order valence-corrected chi connectivity index (χ4v) is 1.17. The summed E-state index contributed by atoms with van der Waals surface area (Å²) in [6.07, 6.45) is 5.71. The molecule has 46 valence electrons. The number of nitrogens with one attached hydrogen (secondary N) is 1. The molecule has 0 amide bonds. The summed E-state index contributed by atoms with van der Waals surface area (Å²) in [7, 11) is 2.02. The van der Waals surface area contributed by atoms with E-state index in [1.807, 2.05) is 7.05 Å². The SMILES string of the molecule is CNC1CC=CC1C. The third-order valence-electron chi connectivity index (χ3n) is 1.84. The Morgan fingerprint density at radius 1 is 1.62 bits per heavy atom. The fourth-order valence-electron chi connectivity index (χ4n) is 1.17. The van der Waals surface area contributed by atoms with Gasteiger partial charge < -0.3 is 5.32 Å². The summed E-state index contributed by atoms with van der Waals surface area (Å²) < 4.78 is 0. The van der Waals surface area contributed by atoms with Crippen LogP contribution < -0.4 is 5.32 Å². The molecule has 0 saturated heterocycles. The van der Waals surface area contributed by atoms with E-state index < -0.39 is 0 Å². The van der Waals surface area contributed by atoms with Crippen molar-refractivity contribution in [3.63, 3.8) is 0 Å². The zero-order chi connectivity index (χ0) is 5.98. The van der Waals surface area contributed by atoms with Crippen molar-refractivity contribution in [2.24, 2.45) is 5.92 Å². The highest BCUT2D eigenvalue weighted by Crippen LogP contribution is 2.15. The second-order valence-electron chi connectivity index (χ2n) is 2.42. The molecule has 0 saturated carbocycles. The van der Waals surface area contributed by atoms with Gasteiger partial charge in [-0.2, -0.15) is 0 Å². The van der Waals surface area contributed by atoms with Crippen LogP contribution in [0.4, 0.5) is 0 Å². The molecule has 0 aromatic heterocycles. The molecule has 1 aliphatic rings. The van der Waals surface area contributed by atoms with E-state index in [2.05, 4.69) is 24.4 Å². The monoisotopic (exact) mass is 111 g/mol. The largest absolute Gasteiger partial charge is 0.316 e. The molecule has 2 atom stereocenters. The molecule has 1 N–H and O–H groups in total. The first-order valence-corrected chi connectivity index (χ1v) is 3.18. The maximum Gasteiger partial charge on any atom is 0.0159 e. The fraction of sp³-hybridized carbons (Fsp3) is 0.714. The Labute approximate surface area is 50.8 Å². The normalized spacial score (nSPS) is 36.2. The average molecular weight is 111 g/mol. The van der Waals surface area contributed by atoms with E-state index in [1.165, 1.54) is 6.42 Å². The van der Waals surface area contributed by atoms with Gasteiger partial charge in [-0.1, -0.05) is 19.1 Å². The van der Waals surface area contributed by atoms with Crippen LogP contribution >= 0.6 is 0 Å². The molecule has 1 nitrogen and oxygen atoms in total. The van der Waals surface area contributed by atoms with Crippen LogP contribution in [0, 0.1) is 5.92 Å². The molecular weight excluding hydrogens is 98.1 g/mol. The van der Waals surface area contributed by atoms with Crippen LogP contribution in [-0.4, -0.2) is 13.1 Å². The molecule has 0 radical (unpaired) electrons. The molecule has 0 aliphatic heterocycles. The zero-order valence-electron chi connectivity index (χ0n) is 5.52. The van der Waals surface area contributed by atoms with Gasteiger partial charge in [-0.15, -0.1) is 0 Å². The van der Waals surface area contributed by atoms with Gasteiger partial charge >= 0.3 is 0 Å². The Morgan fingerprint density at radius 2 is 2.38 bits per heavy atom. The molecule has 1 rings (SSSR count). The van der Waals surface area contributed by atoms with Crippen LogP contribution in [0.5, 0.6) is 0 Å². The lowest BCUT2D eigenvalue weighted by atomic mass is 10.1. The van der Waals surface area contributed by atoms with Gasteiger partial charge in [-0.05, 0) is 19.4 Å². The quantitative estimate of drug-likeness (QED) is 0.501. The van der Waals surface area contributed by atoms with Crippen molar-refractivity contribution in [3.8, 4) is 0 Å². The predicted molar refractivity (Wildman–Crippen MR) is 35.8 cm³/mol. The Hall–Kier alpha value is -0.300. The maximum atomic E-state index is 3.25. The summed E-state index contributed by atoms with van der Waals surface area (Å²) >= 11 is 0. The zero-order valence-corrected chi connectivity index (χ0v) is 5.52. The van der Waals surface area contributed by atoms with Crippen molar-refractivity contribution >= 4 is 0 Å². The first-order chi connectivity index (χ1) is 3.84. The lowest BCUT2D eigenvalue weighted by molar-refractivity contribution is 0.493. The Morgan fingerprint density at radius 3 is 2.62 bits per heavy atom. The number of hydrogen-bond donors (Lipinski definition) is 1. The molecule has 8 heavy (non-hydrogen) atoms. The van der Waals surface area contributed by atoms with E-state index in [4.69, 9.17) is 0 Å². The van der Waals surface area contributed by atoms with E-state index in [1.54, 1.807) is 0 Å². The van der Waals surface area contributed by atoms with E-state index in [-0.39, 0.29) is 0 Å². The van der Waals surface area contributed by atoms with Crippen molar-refractivity contribution in [1.29, 1.82) is 0 Å². The summed E-state index contributed by atoms with van der Waals surface area (Å²) in [5, 5.41) is 3.25. The maximum absolute atomic E-state index is 3.25. The summed E-state index contributed by atoms with van der Waals surface area (Å²) in [6, 6.07) is 0.704. The molecule has 0 bridgehead atoms. The molecule has 1 heteroatoms. The molecular formula is C7H13N. The molecule has 2 unspecified atom stereocenters. The number of rotatable bonds is 1. The molecule has 0 fully saturated rings. The molecule has 0 heterocycles. The summed E-state index contributed by atoms with van der Waals surface area (Å²) in [4.78, 5) is 0. The standard InChI is InChI=1S/C7H13N/c1-6-4-3-5-7(6)8-2/h3-4,6-8H,5H2,1-2H3. The van der Waals surface area contributed by atoms with Gasteiger partial charge in [0.05, 0.1) is 0 Å². The van der Waals surface area contributed by atoms with Gasteiger partial charge in [0.25, 0.3) is 0 Å². The smallest absolute Gasteiger partial charge is 0.0159 e. The van der Waals surface area contributed by atoms with Crippen LogP contribution in [0.15, 0.2) is 12.2 Å². The van der Waals surface area contributed by atoms with Crippen molar-refractivity contribution < 1.29 is 0 Å². The molecule has 0 aromatic rings. The van der Waals surface area contributed by atoms with Gasteiger partial charge in [0.15, 0.2) is 0 Å². The highest BCUT2D eigenvalue weighted by atomic mass is 14.9. The van der Waals surface area contributed by atoms with Gasteiger partial charge in [0, 0.05) is 6.04 Å². The lowest BCUT2D eigenvalue weighted by Crippen LogP contribution is -2.27. The van der Waals surface area contributed by atoms with Crippen LogP contribution in [-0.2, 0) is 0 Å². The average Bonchev–Trinajstić information content (AvgIpc) is 2.14. The van der Waals surface area contributed by atoms with Crippen LogP contribution in [0.2, 0.25) is 0 Å². The van der Waals surface area contributed by atoms with Crippen LogP contribution in [0.1, 0.15) is 13.3 Å². The van der Waals surface area contributed by atoms with Gasteiger partial charge in [-0.25, -0.2) is 0 Å². The highest BCUT2D eigenvalue weighted by Gasteiger charge is 2.14. The van der Waals surface area contributed by atoms with Gasteiger partial charge in [0.2, 0.25) is 0 Å². The first kappa shape index (κ1) is 5.83. The van der Waals surface area contributed by atoms with Gasteiger partial charge in [-0.3, -0.25) is 0 Å². The molecule has 0 spiro atoms. The molecule has 0 aromatic carbocycles. The van der Waals surface area contributed by atoms with E-state index in [0.29, 0.717) is 6.04 Å². The first-order valence-electron chi connectivity index (χ1n) is 3.18.